The summed E-state index contributed by atoms with van der Waals surface area (Å²) in [6.07, 6.45) is 2.39. The Hall–Kier alpha value is -2.14. The van der Waals surface area contributed by atoms with Gasteiger partial charge in [0.15, 0.2) is 5.82 Å². The zero-order valence-electron chi connectivity index (χ0n) is 12.3. The Balaban J connectivity index is 1.93. The van der Waals surface area contributed by atoms with Crippen LogP contribution in [0.5, 0.6) is 0 Å². The molecule has 2 heterocycles. The van der Waals surface area contributed by atoms with Crippen LogP contribution in [0.15, 0.2) is 24.3 Å². The molecule has 1 aliphatic heterocycles. The normalized spacial score (nSPS) is 16.0. The molecule has 1 fully saturated rings. The van der Waals surface area contributed by atoms with Gasteiger partial charge in [-0.15, -0.1) is 0 Å². The van der Waals surface area contributed by atoms with Crippen molar-refractivity contribution in [2.75, 3.05) is 24.6 Å². The minimum Gasteiger partial charge on any atom is -0.384 e. The standard InChI is InChI=1S/C16H21N5/c1-10-8-12(16-20-14(17)9-15(18)21-16)2-3-13(10)11-4-6-19-7-5-11/h2-3,8-9,11,19H,4-7H2,1H3,(H4,17,18,20,21). The van der Waals surface area contributed by atoms with Crippen molar-refractivity contribution in [1.29, 1.82) is 0 Å². The Bertz CT molecular complexity index is 627. The molecule has 1 aromatic heterocycles. The number of piperidine rings is 1. The van der Waals surface area contributed by atoms with Crippen molar-refractivity contribution >= 4 is 11.6 Å². The van der Waals surface area contributed by atoms with Crippen LogP contribution in [0.1, 0.15) is 29.9 Å². The topological polar surface area (TPSA) is 89.8 Å². The Morgan fingerprint density at radius 1 is 1.05 bits per heavy atom. The van der Waals surface area contributed by atoms with Crippen molar-refractivity contribution in [3.05, 3.63) is 35.4 Å². The molecule has 0 aliphatic carbocycles. The summed E-state index contributed by atoms with van der Waals surface area (Å²) in [5, 5.41) is 3.41. The summed E-state index contributed by atoms with van der Waals surface area (Å²) in [4.78, 5) is 8.53. The summed E-state index contributed by atoms with van der Waals surface area (Å²) in [5.74, 6) is 2.04. The van der Waals surface area contributed by atoms with Crippen molar-refractivity contribution in [2.24, 2.45) is 0 Å². The first-order valence-electron chi connectivity index (χ1n) is 7.35. The van der Waals surface area contributed by atoms with E-state index in [-0.39, 0.29) is 0 Å². The highest BCUT2D eigenvalue weighted by atomic mass is 15.0. The largest absolute Gasteiger partial charge is 0.384 e. The molecule has 0 bridgehead atoms. The number of nitrogens with zero attached hydrogens (tertiary/aromatic N) is 2. The molecule has 0 unspecified atom stereocenters. The molecule has 0 radical (unpaired) electrons. The lowest BCUT2D eigenvalue weighted by atomic mass is 9.87. The molecule has 110 valence electrons. The molecule has 1 aromatic carbocycles. The third kappa shape index (κ3) is 2.97. The van der Waals surface area contributed by atoms with Crippen LogP contribution >= 0.6 is 0 Å². The molecule has 1 aliphatic rings. The Morgan fingerprint density at radius 2 is 1.71 bits per heavy atom. The molecule has 0 atom stereocenters. The maximum atomic E-state index is 5.74. The first-order valence-corrected chi connectivity index (χ1v) is 7.35. The van der Waals surface area contributed by atoms with Gasteiger partial charge in [0.2, 0.25) is 0 Å². The van der Waals surface area contributed by atoms with E-state index in [1.165, 1.54) is 24.0 Å². The zero-order valence-corrected chi connectivity index (χ0v) is 12.3. The molecule has 2 aromatic rings. The molecule has 5 N–H and O–H groups in total. The van der Waals surface area contributed by atoms with Gasteiger partial charge in [-0.05, 0) is 56.0 Å². The van der Waals surface area contributed by atoms with Gasteiger partial charge >= 0.3 is 0 Å². The van der Waals surface area contributed by atoms with E-state index in [1.807, 2.05) is 0 Å². The van der Waals surface area contributed by atoms with E-state index in [9.17, 15) is 0 Å². The van der Waals surface area contributed by atoms with Crippen LogP contribution in [0, 0.1) is 6.92 Å². The maximum absolute atomic E-state index is 5.74. The van der Waals surface area contributed by atoms with Gasteiger partial charge in [-0.3, -0.25) is 0 Å². The lowest BCUT2D eigenvalue weighted by Crippen LogP contribution is -2.26. The monoisotopic (exact) mass is 283 g/mol. The summed E-state index contributed by atoms with van der Waals surface area (Å²) in [6.45, 7) is 4.35. The maximum Gasteiger partial charge on any atom is 0.163 e. The minimum absolute atomic E-state index is 0.401. The van der Waals surface area contributed by atoms with Gasteiger partial charge < -0.3 is 16.8 Å². The van der Waals surface area contributed by atoms with Gasteiger partial charge in [0.25, 0.3) is 0 Å². The van der Waals surface area contributed by atoms with E-state index in [4.69, 9.17) is 11.5 Å². The Morgan fingerprint density at radius 3 is 2.33 bits per heavy atom. The third-order valence-corrected chi connectivity index (χ3v) is 4.07. The highest BCUT2D eigenvalue weighted by molar-refractivity contribution is 5.61. The van der Waals surface area contributed by atoms with E-state index >= 15 is 0 Å². The minimum atomic E-state index is 0.401. The fourth-order valence-electron chi connectivity index (χ4n) is 3.02. The van der Waals surface area contributed by atoms with Gasteiger partial charge in [0.1, 0.15) is 11.6 Å². The van der Waals surface area contributed by atoms with Crippen LogP contribution in [0.3, 0.4) is 0 Å². The second-order valence-corrected chi connectivity index (χ2v) is 5.64. The fourth-order valence-corrected chi connectivity index (χ4v) is 3.02. The number of nitrogen functional groups attached to an aromatic ring is 2. The number of aromatic nitrogens is 2. The summed E-state index contributed by atoms with van der Waals surface area (Å²) in [7, 11) is 0. The molecule has 3 rings (SSSR count). The zero-order chi connectivity index (χ0) is 14.8. The van der Waals surface area contributed by atoms with Crippen LogP contribution in [0.25, 0.3) is 11.4 Å². The number of anilines is 2. The van der Waals surface area contributed by atoms with Gasteiger partial charge in [0, 0.05) is 11.6 Å². The average molecular weight is 283 g/mol. The number of nitrogens with two attached hydrogens (primary N) is 2. The van der Waals surface area contributed by atoms with Crippen molar-refractivity contribution in [2.45, 2.75) is 25.7 Å². The fraction of sp³-hybridized carbons (Fsp3) is 0.375. The van der Waals surface area contributed by atoms with Gasteiger partial charge in [0.05, 0.1) is 0 Å². The van der Waals surface area contributed by atoms with Crippen LogP contribution in [0.4, 0.5) is 11.6 Å². The number of hydrogen-bond acceptors (Lipinski definition) is 5. The molecule has 1 saturated heterocycles. The summed E-state index contributed by atoms with van der Waals surface area (Å²) in [5.41, 5.74) is 15.2. The smallest absolute Gasteiger partial charge is 0.163 e. The predicted molar refractivity (Wildman–Crippen MR) is 85.9 cm³/mol. The third-order valence-electron chi connectivity index (χ3n) is 4.07. The molecular weight excluding hydrogens is 262 g/mol. The van der Waals surface area contributed by atoms with Crippen LogP contribution in [-0.4, -0.2) is 23.1 Å². The van der Waals surface area contributed by atoms with Gasteiger partial charge in [-0.1, -0.05) is 12.1 Å². The van der Waals surface area contributed by atoms with Crippen LogP contribution < -0.4 is 16.8 Å². The van der Waals surface area contributed by atoms with E-state index in [2.05, 4.69) is 40.4 Å². The number of benzene rings is 1. The summed E-state index contributed by atoms with van der Waals surface area (Å²) < 4.78 is 0. The first kappa shape index (κ1) is 13.8. The lowest BCUT2D eigenvalue weighted by Gasteiger charge is -2.24. The van der Waals surface area contributed by atoms with Gasteiger partial charge in [-0.2, -0.15) is 0 Å². The quantitative estimate of drug-likeness (QED) is 0.785. The van der Waals surface area contributed by atoms with Crippen LogP contribution in [-0.2, 0) is 0 Å². The molecule has 0 saturated carbocycles. The lowest BCUT2D eigenvalue weighted by molar-refractivity contribution is 0.459. The molecule has 5 heteroatoms. The number of rotatable bonds is 2. The second kappa shape index (κ2) is 5.69. The van der Waals surface area contributed by atoms with Crippen molar-refractivity contribution < 1.29 is 0 Å². The molecule has 5 nitrogen and oxygen atoms in total. The number of nitrogens with one attached hydrogen (secondary N) is 1. The molecule has 0 spiro atoms. The number of hydrogen-bond donors (Lipinski definition) is 3. The highest BCUT2D eigenvalue weighted by Gasteiger charge is 2.17. The summed E-state index contributed by atoms with van der Waals surface area (Å²) >= 11 is 0. The molecule has 21 heavy (non-hydrogen) atoms. The van der Waals surface area contributed by atoms with E-state index < -0.39 is 0 Å². The van der Waals surface area contributed by atoms with Crippen molar-refractivity contribution in [1.82, 2.24) is 15.3 Å². The highest BCUT2D eigenvalue weighted by Crippen LogP contribution is 2.30. The van der Waals surface area contributed by atoms with E-state index in [0.717, 1.165) is 18.7 Å². The van der Waals surface area contributed by atoms with Crippen molar-refractivity contribution in [3.63, 3.8) is 0 Å². The Kier molecular flexibility index (Phi) is 3.75. The SMILES string of the molecule is Cc1cc(-c2nc(N)cc(N)n2)ccc1C1CCNCC1. The molecular formula is C16H21N5. The van der Waals surface area contributed by atoms with E-state index in [1.54, 1.807) is 6.07 Å². The predicted octanol–water partition coefficient (Wildman–Crippen LogP) is 2.08. The van der Waals surface area contributed by atoms with Gasteiger partial charge in [-0.25, -0.2) is 9.97 Å². The number of aryl methyl sites for hydroxylation is 1. The van der Waals surface area contributed by atoms with Crippen LogP contribution in [0.2, 0.25) is 0 Å². The van der Waals surface area contributed by atoms with E-state index in [0.29, 0.717) is 23.4 Å². The first-order chi connectivity index (χ1) is 10.1. The average Bonchev–Trinajstić information content (AvgIpc) is 2.47. The van der Waals surface area contributed by atoms with Crippen molar-refractivity contribution in [3.8, 4) is 11.4 Å². The Labute approximate surface area is 124 Å². The second-order valence-electron chi connectivity index (χ2n) is 5.64. The molecule has 0 amide bonds. The summed E-state index contributed by atoms with van der Waals surface area (Å²) in [6, 6.07) is 7.97.